The van der Waals surface area contributed by atoms with Crippen LogP contribution in [0.15, 0.2) is 16.8 Å². The monoisotopic (exact) mass is 401 g/mol. The summed E-state index contributed by atoms with van der Waals surface area (Å²) in [7, 11) is 1.78. The van der Waals surface area contributed by atoms with Gasteiger partial charge in [0.05, 0.1) is 37.5 Å². The Morgan fingerprint density at radius 3 is 2.93 bits per heavy atom. The molecule has 2 aliphatic rings. The molecule has 4 rings (SSSR count). The SMILES string of the molecule is CCCCOC(=O)N1Cc2c(nn3c2C(=O)N(C)CC(c2ccno2)C3)CC1C. The lowest BCUT2D eigenvalue weighted by Gasteiger charge is -2.32. The van der Waals surface area contributed by atoms with Gasteiger partial charge >= 0.3 is 6.09 Å². The highest BCUT2D eigenvalue weighted by atomic mass is 16.6. The van der Waals surface area contributed by atoms with Gasteiger partial charge in [0, 0.05) is 37.7 Å². The average molecular weight is 401 g/mol. The van der Waals surface area contributed by atoms with Gasteiger partial charge in [-0.15, -0.1) is 0 Å². The van der Waals surface area contributed by atoms with E-state index in [-0.39, 0.29) is 24.0 Å². The molecule has 0 saturated heterocycles. The van der Waals surface area contributed by atoms with Crippen LogP contribution in [0.1, 0.15) is 60.1 Å². The fourth-order valence-corrected chi connectivity index (χ4v) is 4.07. The van der Waals surface area contributed by atoms with E-state index in [0.29, 0.717) is 38.4 Å². The quantitative estimate of drug-likeness (QED) is 0.731. The van der Waals surface area contributed by atoms with Crippen LogP contribution in [0.25, 0.3) is 0 Å². The first kappa shape index (κ1) is 19.5. The topological polar surface area (TPSA) is 93.7 Å². The van der Waals surface area contributed by atoms with Gasteiger partial charge < -0.3 is 19.1 Å². The molecule has 0 saturated carbocycles. The maximum Gasteiger partial charge on any atom is 0.410 e. The van der Waals surface area contributed by atoms with E-state index in [1.165, 1.54) is 0 Å². The summed E-state index contributed by atoms with van der Waals surface area (Å²) in [6.45, 7) is 5.84. The van der Waals surface area contributed by atoms with Gasteiger partial charge in [-0.25, -0.2) is 4.79 Å². The molecule has 2 aromatic rings. The summed E-state index contributed by atoms with van der Waals surface area (Å²) in [5, 5.41) is 8.54. The van der Waals surface area contributed by atoms with Crippen molar-refractivity contribution in [3.8, 4) is 0 Å². The number of fused-ring (bicyclic) bond motifs is 3. The summed E-state index contributed by atoms with van der Waals surface area (Å²) in [4.78, 5) is 29.1. The lowest BCUT2D eigenvalue weighted by molar-refractivity contribution is 0.0757. The molecule has 4 heterocycles. The number of carbonyl (C=O) groups excluding carboxylic acids is 2. The van der Waals surface area contributed by atoms with Gasteiger partial charge in [0.25, 0.3) is 5.91 Å². The molecule has 9 nitrogen and oxygen atoms in total. The van der Waals surface area contributed by atoms with Gasteiger partial charge in [0.2, 0.25) is 0 Å². The molecule has 0 N–H and O–H groups in total. The number of ether oxygens (including phenoxy) is 1. The number of unbranched alkanes of at least 4 members (excludes halogenated alkanes) is 1. The highest BCUT2D eigenvalue weighted by Gasteiger charge is 2.38. The van der Waals surface area contributed by atoms with Crippen molar-refractivity contribution in [1.82, 2.24) is 24.7 Å². The van der Waals surface area contributed by atoms with E-state index >= 15 is 0 Å². The molecule has 0 aliphatic carbocycles. The molecule has 156 valence electrons. The molecule has 0 radical (unpaired) electrons. The summed E-state index contributed by atoms with van der Waals surface area (Å²) in [5.41, 5.74) is 2.26. The summed E-state index contributed by atoms with van der Waals surface area (Å²) < 4.78 is 12.5. The lowest BCUT2D eigenvalue weighted by atomic mass is 9.99. The smallest absolute Gasteiger partial charge is 0.410 e. The first-order chi connectivity index (χ1) is 14.0. The van der Waals surface area contributed by atoms with Crippen LogP contribution in [0.5, 0.6) is 0 Å². The van der Waals surface area contributed by atoms with Crippen LogP contribution >= 0.6 is 0 Å². The highest BCUT2D eigenvalue weighted by molar-refractivity contribution is 5.94. The summed E-state index contributed by atoms with van der Waals surface area (Å²) in [6.07, 6.45) is 3.69. The number of amides is 2. The second kappa shape index (κ2) is 7.88. The van der Waals surface area contributed by atoms with Crippen LogP contribution < -0.4 is 0 Å². The van der Waals surface area contributed by atoms with E-state index in [1.807, 2.05) is 13.0 Å². The Morgan fingerprint density at radius 2 is 2.21 bits per heavy atom. The molecule has 2 unspecified atom stereocenters. The van der Waals surface area contributed by atoms with Crippen LogP contribution in [0.3, 0.4) is 0 Å². The van der Waals surface area contributed by atoms with Crippen LogP contribution in [0, 0.1) is 0 Å². The standard InChI is InChI=1S/C20H27N5O4/c1-4-5-8-28-20(27)24-12-15-16(9-13(24)2)22-25-11-14(17-6-7-21-29-17)10-23(3)19(26)18(15)25/h6-7,13-14H,4-5,8-12H2,1-3H3. The summed E-state index contributed by atoms with van der Waals surface area (Å²) >= 11 is 0. The molecule has 2 aromatic heterocycles. The predicted molar refractivity (Wildman–Crippen MR) is 103 cm³/mol. The third-order valence-electron chi connectivity index (χ3n) is 5.74. The molecule has 0 bridgehead atoms. The summed E-state index contributed by atoms with van der Waals surface area (Å²) in [6, 6.07) is 1.79. The molecule has 0 aromatic carbocycles. The van der Waals surface area contributed by atoms with E-state index in [0.717, 1.165) is 29.9 Å². The van der Waals surface area contributed by atoms with Gasteiger partial charge in [-0.1, -0.05) is 18.5 Å². The average Bonchev–Trinajstić information content (AvgIpc) is 3.31. The Labute approximate surface area is 169 Å². The fraction of sp³-hybridized carbons (Fsp3) is 0.600. The number of hydrogen-bond donors (Lipinski definition) is 0. The molecular formula is C20H27N5O4. The molecule has 2 amide bonds. The molecule has 0 spiro atoms. The fourth-order valence-electron chi connectivity index (χ4n) is 4.07. The second-order valence-corrected chi connectivity index (χ2v) is 7.90. The minimum atomic E-state index is -0.328. The van der Waals surface area contributed by atoms with Gasteiger partial charge in [0.1, 0.15) is 11.5 Å². The Bertz CT molecular complexity index is 891. The number of aromatic nitrogens is 3. The van der Waals surface area contributed by atoms with Crippen molar-refractivity contribution < 1.29 is 18.8 Å². The normalized spacial score (nSPS) is 21.6. The minimum absolute atomic E-state index is 0.0263. The number of rotatable bonds is 4. The van der Waals surface area contributed by atoms with Crippen molar-refractivity contribution in [2.75, 3.05) is 20.2 Å². The Hall–Kier alpha value is -2.84. The van der Waals surface area contributed by atoms with Crippen molar-refractivity contribution in [3.63, 3.8) is 0 Å². The number of likely N-dealkylation sites (N-methyl/N-ethyl adjacent to an activating group) is 1. The predicted octanol–water partition coefficient (Wildman–Crippen LogP) is 2.42. The molecule has 2 atom stereocenters. The molecule has 9 heteroatoms. The third-order valence-corrected chi connectivity index (χ3v) is 5.74. The summed E-state index contributed by atoms with van der Waals surface area (Å²) in [5.74, 6) is 0.622. The lowest BCUT2D eigenvalue weighted by Crippen LogP contribution is -2.43. The Balaban J connectivity index is 1.63. The Kier molecular flexibility index (Phi) is 5.29. The van der Waals surface area contributed by atoms with Gasteiger partial charge in [0.15, 0.2) is 0 Å². The zero-order valence-electron chi connectivity index (χ0n) is 17.1. The van der Waals surface area contributed by atoms with E-state index in [2.05, 4.69) is 12.1 Å². The third kappa shape index (κ3) is 3.61. The number of carbonyl (C=O) groups is 2. The van der Waals surface area contributed by atoms with Crippen molar-refractivity contribution in [2.45, 2.75) is 58.2 Å². The minimum Gasteiger partial charge on any atom is -0.449 e. The van der Waals surface area contributed by atoms with Crippen LogP contribution in [-0.4, -0.2) is 63.0 Å². The van der Waals surface area contributed by atoms with Crippen LogP contribution in [-0.2, 0) is 24.2 Å². The van der Waals surface area contributed by atoms with Crippen LogP contribution in [0.4, 0.5) is 4.79 Å². The highest BCUT2D eigenvalue weighted by Crippen LogP contribution is 2.31. The second-order valence-electron chi connectivity index (χ2n) is 7.90. The largest absolute Gasteiger partial charge is 0.449 e. The van der Waals surface area contributed by atoms with Crippen LogP contribution in [0.2, 0.25) is 0 Å². The van der Waals surface area contributed by atoms with Gasteiger partial charge in [-0.2, -0.15) is 5.10 Å². The van der Waals surface area contributed by atoms with E-state index in [9.17, 15) is 9.59 Å². The molecular weight excluding hydrogens is 374 g/mol. The van der Waals surface area contributed by atoms with E-state index in [4.69, 9.17) is 14.4 Å². The Morgan fingerprint density at radius 1 is 1.38 bits per heavy atom. The van der Waals surface area contributed by atoms with Crippen molar-refractivity contribution in [2.24, 2.45) is 0 Å². The number of nitrogens with zero attached hydrogens (tertiary/aromatic N) is 5. The van der Waals surface area contributed by atoms with Gasteiger partial charge in [-0.3, -0.25) is 9.48 Å². The maximum absolute atomic E-state index is 13.1. The van der Waals surface area contributed by atoms with Crippen molar-refractivity contribution >= 4 is 12.0 Å². The zero-order valence-corrected chi connectivity index (χ0v) is 17.1. The molecule has 0 fully saturated rings. The van der Waals surface area contributed by atoms with Gasteiger partial charge in [-0.05, 0) is 13.3 Å². The van der Waals surface area contributed by atoms with Crippen molar-refractivity contribution in [3.05, 3.63) is 35.0 Å². The zero-order chi connectivity index (χ0) is 20.5. The van der Waals surface area contributed by atoms with E-state index < -0.39 is 0 Å². The number of hydrogen-bond acceptors (Lipinski definition) is 6. The maximum atomic E-state index is 13.1. The van der Waals surface area contributed by atoms with E-state index in [1.54, 1.807) is 27.7 Å². The first-order valence-corrected chi connectivity index (χ1v) is 10.2. The molecule has 2 aliphatic heterocycles. The first-order valence-electron chi connectivity index (χ1n) is 10.2. The van der Waals surface area contributed by atoms with Crippen molar-refractivity contribution in [1.29, 1.82) is 0 Å². The molecule has 29 heavy (non-hydrogen) atoms.